The summed E-state index contributed by atoms with van der Waals surface area (Å²) in [6.45, 7) is -2.35. The quantitative estimate of drug-likeness (QED) is 0.624. The maximum atomic E-state index is 12.1. The molecule has 0 spiro atoms. The van der Waals surface area contributed by atoms with Gasteiger partial charge in [0.05, 0.1) is 0 Å². The topological polar surface area (TPSA) is 29.5 Å². The minimum absolute atomic E-state index is 0.370. The molecule has 0 aliphatic carbocycles. The lowest BCUT2D eigenvalue weighted by atomic mass is 10.2. The van der Waals surface area contributed by atoms with E-state index >= 15 is 0 Å². The average Bonchev–Trinajstić information content (AvgIpc) is 2.33. The molecule has 6 heteroatoms. The van der Waals surface area contributed by atoms with E-state index in [0.29, 0.717) is 24.7 Å². The van der Waals surface area contributed by atoms with Crippen LogP contribution in [0.5, 0.6) is 0 Å². The first kappa shape index (κ1) is 13.0. The van der Waals surface area contributed by atoms with Gasteiger partial charge >= 0.3 is 6.87 Å². The van der Waals surface area contributed by atoms with Gasteiger partial charge in [-0.15, -0.1) is 11.6 Å². The Bertz CT molecular complexity index is 464. The Kier molecular flexibility index (Phi) is 4.16. The summed E-state index contributed by atoms with van der Waals surface area (Å²) in [4.78, 5) is 0. The summed E-state index contributed by atoms with van der Waals surface area (Å²) in [6, 6.07) is 9.47. The summed E-state index contributed by atoms with van der Waals surface area (Å²) < 4.78 is 19.0. The van der Waals surface area contributed by atoms with E-state index in [1.807, 2.05) is 36.4 Å². The largest absolute Gasteiger partial charge is 0.422 e. The number of benzene rings is 1. The van der Waals surface area contributed by atoms with Crippen LogP contribution >= 0.6 is 29.7 Å². The van der Waals surface area contributed by atoms with Crippen molar-refractivity contribution in [2.24, 2.45) is 0 Å². The van der Waals surface area contributed by atoms with E-state index in [0.717, 1.165) is 5.56 Å². The molecule has 92 valence electrons. The first-order chi connectivity index (χ1) is 8.13. The molecule has 1 aromatic carbocycles. The van der Waals surface area contributed by atoms with Crippen molar-refractivity contribution in [3.8, 4) is 0 Å². The van der Waals surface area contributed by atoms with Crippen LogP contribution in [0.4, 0.5) is 0 Å². The monoisotopic (exact) mass is 291 g/mol. The molecule has 3 nitrogen and oxygen atoms in total. The third-order valence-electron chi connectivity index (χ3n) is 2.44. The molecule has 1 atom stereocenters. The number of hydrogen-bond acceptors (Lipinski definition) is 2. The molecule has 1 aliphatic rings. The summed E-state index contributed by atoms with van der Waals surface area (Å²) in [6.07, 6.45) is 1.86. The van der Waals surface area contributed by atoms with Gasteiger partial charge in [-0.1, -0.05) is 30.3 Å². The van der Waals surface area contributed by atoms with E-state index in [9.17, 15) is 4.57 Å². The minimum Gasteiger partial charge on any atom is -0.422 e. The second-order valence-electron chi connectivity index (χ2n) is 3.58. The predicted octanol–water partition coefficient (Wildman–Crippen LogP) is 3.95. The zero-order valence-corrected chi connectivity index (χ0v) is 11.5. The smallest absolute Gasteiger partial charge is 0.412 e. The number of halogens is 2. The van der Waals surface area contributed by atoms with Crippen LogP contribution in [0.1, 0.15) is 5.56 Å². The first-order valence-electron chi connectivity index (χ1n) is 5.20. The second-order valence-corrected chi connectivity index (χ2v) is 6.89. The van der Waals surface area contributed by atoms with E-state index in [2.05, 4.69) is 0 Å². The van der Waals surface area contributed by atoms with Crippen LogP contribution in [0.15, 0.2) is 36.4 Å². The third kappa shape index (κ3) is 3.05. The van der Waals surface area contributed by atoms with Crippen molar-refractivity contribution in [1.82, 2.24) is 4.67 Å². The van der Waals surface area contributed by atoms with Gasteiger partial charge in [0.15, 0.2) is 0 Å². The van der Waals surface area contributed by atoms with Crippen LogP contribution in [0, 0.1) is 0 Å². The Labute approximate surface area is 110 Å². The number of alkyl halides is 1. The fourth-order valence-electron chi connectivity index (χ4n) is 1.58. The molecule has 0 radical (unpaired) electrons. The van der Waals surface area contributed by atoms with Gasteiger partial charge in [0.2, 0.25) is 0 Å². The summed E-state index contributed by atoms with van der Waals surface area (Å²) in [5, 5.41) is 0. The summed E-state index contributed by atoms with van der Waals surface area (Å²) in [5.41, 5.74) is 0.874. The van der Waals surface area contributed by atoms with E-state index in [1.165, 1.54) is 0 Å². The van der Waals surface area contributed by atoms with Crippen molar-refractivity contribution < 1.29 is 9.09 Å². The van der Waals surface area contributed by atoms with Crippen molar-refractivity contribution in [2.75, 3.05) is 19.0 Å². The van der Waals surface area contributed by atoms with E-state index < -0.39 is 6.87 Å². The molecule has 0 unspecified atom stereocenters. The molecule has 0 bridgehead atoms. The Balaban J connectivity index is 2.22. The first-order valence-corrected chi connectivity index (χ1v) is 8.21. The number of hydrogen-bond donors (Lipinski definition) is 0. The van der Waals surface area contributed by atoms with Crippen molar-refractivity contribution in [2.45, 2.75) is 0 Å². The highest BCUT2D eigenvalue weighted by Crippen LogP contribution is 2.60. The van der Waals surface area contributed by atoms with Crippen molar-refractivity contribution in [1.29, 1.82) is 0 Å². The van der Waals surface area contributed by atoms with Gasteiger partial charge < -0.3 is 4.52 Å². The Hall–Kier alpha value is -0.470. The molecular weight excluding hydrogens is 280 g/mol. The Morgan fingerprint density at radius 1 is 1.35 bits per heavy atom. The van der Waals surface area contributed by atoms with Gasteiger partial charge in [-0.25, -0.2) is 9.24 Å². The number of rotatable bonds is 3. The highest BCUT2D eigenvalue weighted by atomic mass is 35.7. The molecule has 0 fully saturated rings. The lowest BCUT2D eigenvalue weighted by molar-refractivity contribution is 0.366. The molecule has 0 aromatic heterocycles. The molecule has 0 amide bonds. The molecule has 0 N–H and O–H groups in total. The van der Waals surface area contributed by atoms with Gasteiger partial charge in [-0.2, -0.15) is 0 Å². The molecule has 0 saturated carbocycles. The lowest BCUT2D eigenvalue weighted by Gasteiger charge is -2.30. The number of nitrogens with zero attached hydrogens (tertiary/aromatic N) is 1. The van der Waals surface area contributed by atoms with E-state index in [4.69, 9.17) is 27.4 Å². The van der Waals surface area contributed by atoms with Gasteiger partial charge in [0.1, 0.15) is 5.76 Å². The average molecular weight is 292 g/mol. The summed E-state index contributed by atoms with van der Waals surface area (Å²) in [7, 11) is 0. The van der Waals surface area contributed by atoms with Crippen LogP contribution in [0.2, 0.25) is 0 Å². The molecular formula is C11H12Cl2NO2P. The Morgan fingerprint density at radius 3 is 2.65 bits per heavy atom. The van der Waals surface area contributed by atoms with Crippen molar-refractivity contribution >= 4 is 35.5 Å². The molecule has 1 aliphatic heterocycles. The van der Waals surface area contributed by atoms with Crippen LogP contribution in [-0.4, -0.2) is 23.6 Å². The normalized spacial score (nSPS) is 25.2. The van der Waals surface area contributed by atoms with E-state index in [1.54, 1.807) is 4.67 Å². The molecule has 2 rings (SSSR count). The van der Waals surface area contributed by atoms with Crippen molar-refractivity contribution in [3.63, 3.8) is 0 Å². The fraction of sp³-hybridized carbons (Fsp3) is 0.273. The van der Waals surface area contributed by atoms with Crippen LogP contribution in [0.25, 0.3) is 5.76 Å². The zero-order chi connectivity index (χ0) is 12.3. The minimum atomic E-state index is -3.28. The maximum absolute atomic E-state index is 12.1. The van der Waals surface area contributed by atoms with Crippen LogP contribution < -0.4 is 0 Å². The highest BCUT2D eigenvalue weighted by molar-refractivity contribution is 7.83. The summed E-state index contributed by atoms with van der Waals surface area (Å²) in [5.74, 6) is 0.934. The molecule has 17 heavy (non-hydrogen) atoms. The fourth-order valence-corrected chi connectivity index (χ4v) is 3.69. The van der Waals surface area contributed by atoms with E-state index in [-0.39, 0.29) is 0 Å². The maximum Gasteiger partial charge on any atom is 0.412 e. The van der Waals surface area contributed by atoms with Crippen molar-refractivity contribution in [3.05, 3.63) is 42.0 Å². The van der Waals surface area contributed by atoms with Crippen LogP contribution in [-0.2, 0) is 9.09 Å². The lowest BCUT2D eigenvalue weighted by Crippen LogP contribution is -2.25. The molecule has 1 heterocycles. The SMILES string of the molecule is O=[P@]1(Cl)OC(c2ccccc2)=CCN1CCCl. The molecule has 0 saturated heterocycles. The second kappa shape index (κ2) is 5.45. The van der Waals surface area contributed by atoms with Gasteiger partial charge in [0.25, 0.3) is 0 Å². The zero-order valence-electron chi connectivity index (χ0n) is 9.05. The predicted molar refractivity (Wildman–Crippen MR) is 71.3 cm³/mol. The Morgan fingerprint density at radius 2 is 2.06 bits per heavy atom. The van der Waals surface area contributed by atoms with Gasteiger partial charge in [0, 0.05) is 35.8 Å². The summed E-state index contributed by atoms with van der Waals surface area (Å²) >= 11 is 11.5. The highest BCUT2D eigenvalue weighted by Gasteiger charge is 2.34. The standard InChI is InChI=1S/C11H12Cl2NO2P/c12-7-9-14-8-6-11(16-17(14,13)15)10-4-2-1-3-5-10/h1-6H,7-9H2/t17-/m1/s1. The van der Waals surface area contributed by atoms with Gasteiger partial charge in [-0.05, 0) is 6.08 Å². The third-order valence-corrected chi connectivity index (χ3v) is 4.92. The van der Waals surface area contributed by atoms with Crippen LogP contribution in [0.3, 0.4) is 0 Å². The van der Waals surface area contributed by atoms with Gasteiger partial charge in [-0.3, -0.25) is 0 Å². The molecule has 1 aromatic rings.